The zero-order chi connectivity index (χ0) is 18.3. The summed E-state index contributed by atoms with van der Waals surface area (Å²) in [6.07, 6.45) is 3.55. The van der Waals surface area contributed by atoms with Crippen LogP contribution in [0.15, 0.2) is 29.2 Å². The number of benzene rings is 1. The van der Waals surface area contributed by atoms with Gasteiger partial charge in [-0.2, -0.15) is 9.57 Å². The summed E-state index contributed by atoms with van der Waals surface area (Å²) in [5.41, 5.74) is 1.18. The molecular weight excluding hydrogens is 334 g/mol. The lowest BCUT2D eigenvalue weighted by molar-refractivity contribution is 0.186. The smallest absolute Gasteiger partial charge is 0.243 e. The molecule has 0 bridgehead atoms. The first-order valence-corrected chi connectivity index (χ1v) is 10.6. The molecular formula is C19H29N3O2S. The second-order valence-corrected chi connectivity index (χ2v) is 8.68. The number of piperazine rings is 1. The Labute approximate surface area is 152 Å². The molecule has 1 unspecified atom stereocenters. The van der Waals surface area contributed by atoms with Crippen LogP contribution in [0, 0.1) is 11.3 Å². The Morgan fingerprint density at radius 1 is 1.12 bits per heavy atom. The van der Waals surface area contributed by atoms with E-state index in [4.69, 9.17) is 5.26 Å². The monoisotopic (exact) mass is 363 g/mol. The minimum absolute atomic E-state index is 0.391. The summed E-state index contributed by atoms with van der Waals surface area (Å²) < 4.78 is 27.2. The average molecular weight is 364 g/mol. The largest absolute Gasteiger partial charge is 0.301 e. The topological polar surface area (TPSA) is 64.4 Å². The van der Waals surface area contributed by atoms with E-state index < -0.39 is 10.0 Å². The molecule has 0 amide bonds. The van der Waals surface area contributed by atoms with Gasteiger partial charge in [-0.05, 0) is 49.4 Å². The van der Waals surface area contributed by atoms with Crippen LogP contribution in [-0.4, -0.2) is 50.3 Å². The molecule has 1 fully saturated rings. The second-order valence-electron chi connectivity index (χ2n) is 6.74. The van der Waals surface area contributed by atoms with Crippen LogP contribution in [0.4, 0.5) is 0 Å². The Balaban J connectivity index is 1.92. The van der Waals surface area contributed by atoms with Crippen LogP contribution in [0.2, 0.25) is 0 Å². The van der Waals surface area contributed by atoms with Gasteiger partial charge >= 0.3 is 0 Å². The number of rotatable bonds is 8. The third-order valence-electron chi connectivity index (χ3n) is 5.04. The van der Waals surface area contributed by atoms with Crippen molar-refractivity contribution >= 4 is 10.0 Å². The molecule has 1 saturated heterocycles. The highest BCUT2D eigenvalue weighted by molar-refractivity contribution is 7.89. The molecule has 1 aromatic rings. The maximum atomic E-state index is 12.8. The van der Waals surface area contributed by atoms with Crippen molar-refractivity contribution in [1.29, 1.82) is 5.26 Å². The molecule has 1 atom stereocenters. The van der Waals surface area contributed by atoms with Crippen molar-refractivity contribution in [3.05, 3.63) is 29.8 Å². The Morgan fingerprint density at radius 3 is 2.32 bits per heavy atom. The fourth-order valence-electron chi connectivity index (χ4n) is 3.09. The molecule has 138 valence electrons. The van der Waals surface area contributed by atoms with Gasteiger partial charge < -0.3 is 4.90 Å². The van der Waals surface area contributed by atoms with Crippen molar-refractivity contribution in [2.75, 3.05) is 32.7 Å². The number of nitriles is 1. The summed E-state index contributed by atoms with van der Waals surface area (Å²) in [7, 11) is -3.40. The number of hydrogen-bond acceptors (Lipinski definition) is 4. The highest BCUT2D eigenvalue weighted by atomic mass is 32.2. The van der Waals surface area contributed by atoms with Gasteiger partial charge in [0.2, 0.25) is 10.0 Å². The average Bonchev–Trinajstić information content (AvgIpc) is 2.65. The summed E-state index contributed by atoms with van der Waals surface area (Å²) in [6, 6.07) is 9.52. The predicted molar refractivity (Wildman–Crippen MR) is 99.8 cm³/mol. The number of nitrogens with zero attached hydrogens (tertiary/aromatic N) is 3. The van der Waals surface area contributed by atoms with Gasteiger partial charge in [0.1, 0.15) is 0 Å². The minimum atomic E-state index is -3.40. The van der Waals surface area contributed by atoms with Gasteiger partial charge in [-0.15, -0.1) is 0 Å². The van der Waals surface area contributed by atoms with E-state index in [0.717, 1.165) is 38.9 Å². The second kappa shape index (κ2) is 9.33. The number of hydrogen-bond donors (Lipinski definition) is 0. The van der Waals surface area contributed by atoms with Crippen LogP contribution in [-0.2, 0) is 10.0 Å². The van der Waals surface area contributed by atoms with E-state index in [1.54, 1.807) is 16.4 Å². The molecule has 0 saturated carbocycles. The maximum absolute atomic E-state index is 12.8. The van der Waals surface area contributed by atoms with E-state index in [0.29, 0.717) is 30.3 Å². The maximum Gasteiger partial charge on any atom is 0.243 e. The van der Waals surface area contributed by atoms with Crippen LogP contribution in [0.5, 0.6) is 0 Å². The van der Waals surface area contributed by atoms with Crippen LogP contribution < -0.4 is 0 Å². The van der Waals surface area contributed by atoms with Gasteiger partial charge in [0, 0.05) is 32.6 Å². The fraction of sp³-hybridized carbons (Fsp3) is 0.632. The summed E-state index contributed by atoms with van der Waals surface area (Å²) in [5.74, 6) is 0.446. The summed E-state index contributed by atoms with van der Waals surface area (Å²) in [4.78, 5) is 2.68. The third kappa shape index (κ3) is 5.27. The SMILES string of the molecule is CCC(C)c1ccc(S(=O)(=O)N2CCN(CCCCC#N)CC2)cc1. The van der Waals surface area contributed by atoms with Crippen molar-refractivity contribution in [2.24, 2.45) is 0 Å². The zero-order valence-corrected chi connectivity index (χ0v) is 16.1. The first kappa shape index (κ1) is 19.9. The molecule has 5 nitrogen and oxygen atoms in total. The Hall–Kier alpha value is -1.42. The Bertz CT molecular complexity index is 672. The normalized spacial score (nSPS) is 18.0. The molecule has 1 aromatic carbocycles. The van der Waals surface area contributed by atoms with Crippen molar-refractivity contribution in [1.82, 2.24) is 9.21 Å². The van der Waals surface area contributed by atoms with Crippen LogP contribution >= 0.6 is 0 Å². The van der Waals surface area contributed by atoms with Gasteiger partial charge in [0.05, 0.1) is 11.0 Å². The van der Waals surface area contributed by atoms with E-state index >= 15 is 0 Å². The number of unbranched alkanes of at least 4 members (excludes halogenated alkanes) is 2. The van der Waals surface area contributed by atoms with E-state index in [1.807, 2.05) is 12.1 Å². The molecule has 0 aromatic heterocycles. The van der Waals surface area contributed by atoms with Gasteiger partial charge in [-0.25, -0.2) is 8.42 Å². The van der Waals surface area contributed by atoms with Gasteiger partial charge in [0.15, 0.2) is 0 Å². The predicted octanol–water partition coefficient (Wildman–Crippen LogP) is 3.20. The van der Waals surface area contributed by atoms with E-state index in [-0.39, 0.29) is 0 Å². The van der Waals surface area contributed by atoms with Crippen molar-refractivity contribution < 1.29 is 8.42 Å². The van der Waals surface area contributed by atoms with Crippen LogP contribution in [0.3, 0.4) is 0 Å². The lowest BCUT2D eigenvalue weighted by Gasteiger charge is -2.34. The van der Waals surface area contributed by atoms with Gasteiger partial charge in [-0.3, -0.25) is 0 Å². The molecule has 25 heavy (non-hydrogen) atoms. The van der Waals surface area contributed by atoms with E-state index in [9.17, 15) is 8.42 Å². The lowest BCUT2D eigenvalue weighted by atomic mass is 9.99. The molecule has 0 radical (unpaired) electrons. The molecule has 1 heterocycles. The van der Waals surface area contributed by atoms with Crippen molar-refractivity contribution in [3.63, 3.8) is 0 Å². The molecule has 0 aliphatic carbocycles. The molecule has 1 aliphatic rings. The summed E-state index contributed by atoms with van der Waals surface area (Å²) in [6.45, 7) is 7.82. The van der Waals surface area contributed by atoms with Gasteiger partial charge in [0.25, 0.3) is 0 Å². The highest BCUT2D eigenvalue weighted by Crippen LogP contribution is 2.23. The Morgan fingerprint density at radius 2 is 1.76 bits per heavy atom. The first-order chi connectivity index (χ1) is 12.0. The summed E-state index contributed by atoms with van der Waals surface area (Å²) >= 11 is 0. The van der Waals surface area contributed by atoms with Crippen molar-refractivity contribution in [2.45, 2.75) is 50.3 Å². The third-order valence-corrected chi connectivity index (χ3v) is 6.96. The summed E-state index contributed by atoms with van der Waals surface area (Å²) in [5, 5.41) is 8.56. The molecule has 2 rings (SSSR count). The zero-order valence-electron chi connectivity index (χ0n) is 15.3. The standard InChI is InChI=1S/C19H29N3O2S/c1-3-17(2)18-7-9-19(10-8-18)25(23,24)22-15-13-21(14-16-22)12-6-4-5-11-20/h7-10,17H,3-6,12-16H2,1-2H3. The highest BCUT2D eigenvalue weighted by Gasteiger charge is 2.28. The molecule has 0 spiro atoms. The molecule has 0 N–H and O–H groups in total. The van der Waals surface area contributed by atoms with E-state index in [1.165, 1.54) is 5.56 Å². The fourth-order valence-corrected chi connectivity index (χ4v) is 4.51. The Kier molecular flexibility index (Phi) is 7.42. The van der Waals surface area contributed by atoms with Crippen LogP contribution in [0.25, 0.3) is 0 Å². The first-order valence-electron chi connectivity index (χ1n) is 9.18. The van der Waals surface area contributed by atoms with Gasteiger partial charge in [-0.1, -0.05) is 26.0 Å². The molecule has 1 aliphatic heterocycles. The van der Waals surface area contributed by atoms with Crippen LogP contribution in [0.1, 0.15) is 51.0 Å². The quantitative estimate of drug-likeness (QED) is 0.665. The van der Waals surface area contributed by atoms with Crippen molar-refractivity contribution in [3.8, 4) is 6.07 Å². The lowest BCUT2D eigenvalue weighted by Crippen LogP contribution is -2.48. The number of sulfonamides is 1. The van der Waals surface area contributed by atoms with E-state index in [2.05, 4.69) is 24.8 Å². The molecule has 6 heteroatoms. The minimum Gasteiger partial charge on any atom is -0.301 e.